The van der Waals surface area contributed by atoms with Crippen LogP contribution in [0, 0.1) is 0 Å². The normalized spacial score (nSPS) is 21.4. The van der Waals surface area contributed by atoms with Crippen LogP contribution in [0.5, 0.6) is 0 Å². The topological polar surface area (TPSA) is 52.7 Å². The molecule has 2 rings (SSSR count). The van der Waals surface area contributed by atoms with E-state index in [4.69, 9.17) is 0 Å². The highest BCUT2D eigenvalue weighted by molar-refractivity contribution is 7.86. The molecule has 0 heterocycles. The Labute approximate surface area is 104 Å². The van der Waals surface area contributed by atoms with Crippen LogP contribution in [0.4, 0.5) is 0 Å². The maximum absolute atomic E-state index is 12.1. The molecule has 5 nitrogen and oxygen atoms in total. The number of nitrogens with zero attached hydrogens (tertiary/aromatic N) is 2. The molecule has 0 aromatic rings. The maximum Gasteiger partial charge on any atom is 0.281 e. The molecule has 6 heteroatoms. The van der Waals surface area contributed by atoms with Crippen LogP contribution in [0.3, 0.4) is 0 Å². The van der Waals surface area contributed by atoms with Crippen molar-refractivity contribution in [2.24, 2.45) is 0 Å². The van der Waals surface area contributed by atoms with Gasteiger partial charge in [-0.2, -0.15) is 17.0 Å². The van der Waals surface area contributed by atoms with Gasteiger partial charge in [0.1, 0.15) is 0 Å². The van der Waals surface area contributed by atoms with Gasteiger partial charge in [-0.1, -0.05) is 0 Å². The van der Waals surface area contributed by atoms with E-state index in [9.17, 15) is 8.42 Å². The van der Waals surface area contributed by atoms with Crippen LogP contribution >= 0.6 is 0 Å². The van der Waals surface area contributed by atoms with Crippen LogP contribution in [0.15, 0.2) is 0 Å². The van der Waals surface area contributed by atoms with Crippen LogP contribution < -0.4 is 5.32 Å². The van der Waals surface area contributed by atoms with Crippen molar-refractivity contribution < 1.29 is 8.42 Å². The molecule has 0 bridgehead atoms. The molecule has 0 spiro atoms. The molecule has 2 aliphatic carbocycles. The fraction of sp³-hybridized carbons (Fsp3) is 1.00. The first-order valence-electron chi connectivity index (χ1n) is 6.44. The summed E-state index contributed by atoms with van der Waals surface area (Å²) in [5.74, 6) is 0. The molecule has 0 radical (unpaired) electrons. The number of rotatable bonds is 8. The van der Waals surface area contributed by atoms with Crippen molar-refractivity contribution >= 4 is 10.2 Å². The first-order chi connectivity index (χ1) is 8.01. The molecule has 0 atom stereocenters. The molecule has 100 valence electrons. The van der Waals surface area contributed by atoms with Crippen LogP contribution in [0.1, 0.15) is 32.1 Å². The quantitative estimate of drug-likeness (QED) is 0.644. The summed E-state index contributed by atoms with van der Waals surface area (Å²) in [6.45, 7) is 1.51. The molecule has 17 heavy (non-hydrogen) atoms. The Morgan fingerprint density at radius 3 is 2.35 bits per heavy atom. The molecule has 0 aliphatic heterocycles. The van der Waals surface area contributed by atoms with Crippen molar-refractivity contribution in [2.75, 3.05) is 27.2 Å². The third kappa shape index (κ3) is 3.64. The summed E-state index contributed by atoms with van der Waals surface area (Å²) in [6, 6.07) is 0.943. The standard InChI is InChI=1S/C11H23N3O2S/c1-13(9-3-8-12-10-4-5-10)17(15,16)14(2)11-6-7-11/h10-12H,3-9H2,1-2H3. The second-order valence-electron chi connectivity index (χ2n) is 5.16. The Morgan fingerprint density at radius 1 is 1.18 bits per heavy atom. The Balaban J connectivity index is 1.70. The minimum Gasteiger partial charge on any atom is -0.314 e. The lowest BCUT2D eigenvalue weighted by molar-refractivity contribution is 0.383. The Morgan fingerprint density at radius 2 is 1.82 bits per heavy atom. The molecular weight excluding hydrogens is 238 g/mol. The van der Waals surface area contributed by atoms with Crippen LogP contribution in [-0.4, -0.2) is 56.3 Å². The molecule has 0 amide bonds. The second-order valence-corrected chi connectivity index (χ2v) is 7.25. The van der Waals surface area contributed by atoms with Crippen LogP contribution in [0.2, 0.25) is 0 Å². The third-order valence-corrected chi connectivity index (χ3v) is 5.48. The highest BCUT2D eigenvalue weighted by Crippen LogP contribution is 2.28. The van der Waals surface area contributed by atoms with E-state index in [0.29, 0.717) is 12.6 Å². The van der Waals surface area contributed by atoms with E-state index < -0.39 is 10.2 Å². The zero-order valence-electron chi connectivity index (χ0n) is 10.7. The van der Waals surface area contributed by atoms with Crippen molar-refractivity contribution in [2.45, 2.75) is 44.2 Å². The van der Waals surface area contributed by atoms with E-state index in [1.165, 1.54) is 21.5 Å². The summed E-state index contributed by atoms with van der Waals surface area (Å²) >= 11 is 0. The first-order valence-corrected chi connectivity index (χ1v) is 7.84. The van der Waals surface area contributed by atoms with Gasteiger partial charge in [0.25, 0.3) is 10.2 Å². The van der Waals surface area contributed by atoms with Crippen molar-refractivity contribution in [3.8, 4) is 0 Å². The average Bonchev–Trinajstić information content (AvgIpc) is 3.16. The van der Waals surface area contributed by atoms with Gasteiger partial charge in [-0.15, -0.1) is 0 Å². The predicted molar refractivity (Wildman–Crippen MR) is 68.0 cm³/mol. The molecule has 0 aromatic carbocycles. The van der Waals surface area contributed by atoms with Gasteiger partial charge in [0.2, 0.25) is 0 Å². The maximum atomic E-state index is 12.1. The van der Waals surface area contributed by atoms with E-state index in [2.05, 4.69) is 5.32 Å². The highest BCUT2D eigenvalue weighted by atomic mass is 32.2. The van der Waals surface area contributed by atoms with Gasteiger partial charge in [-0.05, 0) is 38.6 Å². The number of nitrogens with one attached hydrogen (secondary N) is 1. The molecule has 0 unspecified atom stereocenters. The van der Waals surface area contributed by atoms with Gasteiger partial charge >= 0.3 is 0 Å². The lowest BCUT2D eigenvalue weighted by Crippen LogP contribution is -2.41. The van der Waals surface area contributed by atoms with E-state index in [1.807, 2.05) is 0 Å². The van der Waals surface area contributed by atoms with E-state index >= 15 is 0 Å². The summed E-state index contributed by atoms with van der Waals surface area (Å²) < 4.78 is 27.2. The number of hydrogen-bond acceptors (Lipinski definition) is 3. The first kappa shape index (κ1) is 13.3. The Kier molecular flexibility index (Phi) is 4.07. The minimum absolute atomic E-state index is 0.243. The zero-order chi connectivity index (χ0) is 12.5. The SMILES string of the molecule is CN(CCCNC1CC1)S(=O)(=O)N(C)C1CC1. The molecule has 0 aromatic heterocycles. The fourth-order valence-electron chi connectivity index (χ4n) is 1.86. The smallest absolute Gasteiger partial charge is 0.281 e. The van der Waals surface area contributed by atoms with Gasteiger partial charge in [-0.25, -0.2) is 0 Å². The Hall–Kier alpha value is -0.170. The van der Waals surface area contributed by atoms with Crippen molar-refractivity contribution in [3.05, 3.63) is 0 Å². The molecule has 1 N–H and O–H groups in total. The molecular formula is C11H23N3O2S. The summed E-state index contributed by atoms with van der Waals surface area (Å²) in [5.41, 5.74) is 0. The summed E-state index contributed by atoms with van der Waals surface area (Å²) in [7, 11) is 0.136. The minimum atomic E-state index is -3.22. The molecule has 2 aliphatic rings. The molecule has 2 saturated carbocycles. The lowest BCUT2D eigenvalue weighted by Gasteiger charge is -2.24. The largest absolute Gasteiger partial charge is 0.314 e. The fourth-order valence-corrected chi connectivity index (χ4v) is 3.24. The van der Waals surface area contributed by atoms with Crippen molar-refractivity contribution in [1.82, 2.24) is 13.9 Å². The predicted octanol–water partition coefficient (Wildman–Crippen LogP) is 0.399. The van der Waals surface area contributed by atoms with Crippen molar-refractivity contribution in [3.63, 3.8) is 0 Å². The van der Waals surface area contributed by atoms with E-state index in [-0.39, 0.29) is 6.04 Å². The highest BCUT2D eigenvalue weighted by Gasteiger charge is 2.36. The second kappa shape index (κ2) is 5.22. The average molecular weight is 261 g/mol. The molecule has 0 saturated heterocycles. The van der Waals surface area contributed by atoms with Crippen LogP contribution in [-0.2, 0) is 10.2 Å². The summed E-state index contributed by atoms with van der Waals surface area (Å²) in [5, 5.41) is 3.39. The molecule has 2 fully saturated rings. The van der Waals surface area contributed by atoms with Gasteiger partial charge in [0.15, 0.2) is 0 Å². The third-order valence-electron chi connectivity index (χ3n) is 3.48. The summed E-state index contributed by atoms with van der Waals surface area (Å²) in [6.07, 6.45) is 5.45. The monoisotopic (exact) mass is 261 g/mol. The van der Waals surface area contributed by atoms with Gasteiger partial charge in [-0.3, -0.25) is 0 Å². The van der Waals surface area contributed by atoms with Gasteiger partial charge in [0.05, 0.1) is 0 Å². The number of hydrogen-bond donors (Lipinski definition) is 1. The zero-order valence-corrected chi connectivity index (χ0v) is 11.5. The van der Waals surface area contributed by atoms with Crippen molar-refractivity contribution in [1.29, 1.82) is 0 Å². The lowest BCUT2D eigenvalue weighted by atomic mass is 10.4. The Bertz CT molecular complexity index is 350. The van der Waals surface area contributed by atoms with Gasteiger partial charge < -0.3 is 5.32 Å². The van der Waals surface area contributed by atoms with Crippen LogP contribution in [0.25, 0.3) is 0 Å². The van der Waals surface area contributed by atoms with Gasteiger partial charge in [0, 0.05) is 32.7 Å². The van der Waals surface area contributed by atoms with E-state index in [1.54, 1.807) is 14.1 Å². The summed E-state index contributed by atoms with van der Waals surface area (Å²) in [4.78, 5) is 0. The van der Waals surface area contributed by atoms with E-state index in [0.717, 1.165) is 25.8 Å².